The van der Waals surface area contributed by atoms with Gasteiger partial charge in [-0.1, -0.05) is 13.8 Å². The van der Waals surface area contributed by atoms with Gasteiger partial charge in [0.25, 0.3) is 0 Å². The summed E-state index contributed by atoms with van der Waals surface area (Å²) in [7, 11) is 0. The van der Waals surface area contributed by atoms with E-state index in [-0.39, 0.29) is 24.2 Å². The minimum Gasteiger partial charge on any atom is -0.481 e. The Morgan fingerprint density at radius 3 is 2.68 bits per heavy atom. The molecule has 0 aliphatic carbocycles. The van der Waals surface area contributed by atoms with Crippen LogP contribution >= 0.6 is 0 Å². The molecule has 1 saturated heterocycles. The average molecular weight is 270 g/mol. The summed E-state index contributed by atoms with van der Waals surface area (Å²) in [6.45, 7) is 5.90. The van der Waals surface area contributed by atoms with Gasteiger partial charge in [-0.2, -0.15) is 0 Å². The van der Waals surface area contributed by atoms with E-state index in [2.05, 4.69) is 0 Å². The second-order valence-electron chi connectivity index (χ2n) is 5.74. The Balaban J connectivity index is 2.54. The third kappa shape index (κ3) is 4.82. The van der Waals surface area contributed by atoms with Crippen LogP contribution in [-0.2, 0) is 9.59 Å². The van der Waals surface area contributed by atoms with Gasteiger partial charge < -0.3 is 15.7 Å². The van der Waals surface area contributed by atoms with Crippen molar-refractivity contribution in [3.63, 3.8) is 0 Å². The van der Waals surface area contributed by atoms with Gasteiger partial charge in [-0.3, -0.25) is 9.59 Å². The lowest BCUT2D eigenvalue weighted by Crippen LogP contribution is -2.44. The Bertz CT molecular complexity index is 320. The molecule has 3 atom stereocenters. The molecule has 1 heterocycles. The van der Waals surface area contributed by atoms with Crippen molar-refractivity contribution in [1.82, 2.24) is 4.90 Å². The number of piperidine rings is 1. The van der Waals surface area contributed by atoms with Gasteiger partial charge in [0.1, 0.15) is 0 Å². The van der Waals surface area contributed by atoms with Gasteiger partial charge in [0, 0.05) is 25.4 Å². The van der Waals surface area contributed by atoms with Crippen LogP contribution in [0.5, 0.6) is 0 Å². The van der Waals surface area contributed by atoms with Crippen molar-refractivity contribution in [2.45, 2.75) is 39.5 Å². The van der Waals surface area contributed by atoms with Crippen molar-refractivity contribution in [2.24, 2.45) is 23.5 Å². The molecule has 1 aliphatic rings. The molecule has 3 unspecified atom stereocenters. The highest BCUT2D eigenvalue weighted by atomic mass is 16.4. The van der Waals surface area contributed by atoms with Crippen molar-refractivity contribution >= 4 is 11.9 Å². The number of nitrogens with zero attached hydrogens (tertiary/aromatic N) is 1. The summed E-state index contributed by atoms with van der Waals surface area (Å²) in [6.07, 6.45) is 2.88. The second kappa shape index (κ2) is 7.48. The summed E-state index contributed by atoms with van der Waals surface area (Å²) in [6, 6.07) is 0. The molecule has 1 aliphatic heterocycles. The quantitative estimate of drug-likeness (QED) is 0.762. The normalized spacial score (nSPS) is 22.9. The highest BCUT2D eigenvalue weighted by molar-refractivity contribution is 5.78. The highest BCUT2D eigenvalue weighted by Gasteiger charge is 2.29. The largest absolute Gasteiger partial charge is 0.481 e. The first-order valence-electron chi connectivity index (χ1n) is 7.16. The lowest BCUT2D eigenvalue weighted by atomic mass is 9.84. The van der Waals surface area contributed by atoms with E-state index >= 15 is 0 Å². The summed E-state index contributed by atoms with van der Waals surface area (Å²) in [5.41, 5.74) is 5.49. The molecule has 5 nitrogen and oxygen atoms in total. The van der Waals surface area contributed by atoms with Gasteiger partial charge in [0.15, 0.2) is 0 Å². The van der Waals surface area contributed by atoms with Gasteiger partial charge in [-0.15, -0.1) is 0 Å². The zero-order chi connectivity index (χ0) is 14.4. The fourth-order valence-corrected chi connectivity index (χ4v) is 2.80. The van der Waals surface area contributed by atoms with Crippen molar-refractivity contribution in [1.29, 1.82) is 0 Å². The number of hydrogen-bond donors (Lipinski definition) is 2. The van der Waals surface area contributed by atoms with E-state index in [0.29, 0.717) is 25.4 Å². The monoisotopic (exact) mass is 270 g/mol. The predicted octanol–water partition coefficient (Wildman–Crippen LogP) is 1.32. The van der Waals surface area contributed by atoms with Crippen LogP contribution in [0.3, 0.4) is 0 Å². The lowest BCUT2D eigenvalue weighted by Gasteiger charge is -2.36. The molecule has 0 spiro atoms. The Kier molecular flexibility index (Phi) is 6.28. The fourth-order valence-electron chi connectivity index (χ4n) is 2.80. The molecular formula is C14H26N2O3. The zero-order valence-corrected chi connectivity index (χ0v) is 12.0. The molecule has 0 aromatic carbocycles. The molecule has 19 heavy (non-hydrogen) atoms. The average Bonchev–Trinajstić information content (AvgIpc) is 2.37. The van der Waals surface area contributed by atoms with E-state index in [1.165, 1.54) is 0 Å². The van der Waals surface area contributed by atoms with Crippen molar-refractivity contribution < 1.29 is 14.7 Å². The van der Waals surface area contributed by atoms with Gasteiger partial charge >= 0.3 is 5.97 Å². The SMILES string of the molecule is CC(CCN)C(=O)N1CCCC(C(C)CC(=O)O)C1. The molecule has 0 saturated carbocycles. The van der Waals surface area contributed by atoms with Crippen LogP contribution in [0, 0.1) is 17.8 Å². The predicted molar refractivity (Wildman–Crippen MR) is 73.6 cm³/mol. The summed E-state index contributed by atoms with van der Waals surface area (Å²) >= 11 is 0. The maximum Gasteiger partial charge on any atom is 0.303 e. The van der Waals surface area contributed by atoms with Gasteiger partial charge in [-0.25, -0.2) is 0 Å². The number of hydrogen-bond acceptors (Lipinski definition) is 3. The van der Waals surface area contributed by atoms with E-state index in [9.17, 15) is 9.59 Å². The maximum absolute atomic E-state index is 12.2. The lowest BCUT2D eigenvalue weighted by molar-refractivity contribution is -0.139. The Hall–Kier alpha value is -1.10. The third-order valence-corrected chi connectivity index (χ3v) is 4.09. The number of aliphatic carboxylic acids is 1. The minimum absolute atomic E-state index is 0.0291. The van der Waals surface area contributed by atoms with Crippen LogP contribution in [0.2, 0.25) is 0 Å². The molecule has 0 aromatic rings. The van der Waals surface area contributed by atoms with E-state index in [1.807, 2.05) is 18.7 Å². The van der Waals surface area contributed by atoms with Crippen LogP contribution in [0.15, 0.2) is 0 Å². The number of carboxylic acid groups (broad SMARTS) is 1. The molecule has 1 fully saturated rings. The van der Waals surface area contributed by atoms with Crippen molar-refractivity contribution in [2.75, 3.05) is 19.6 Å². The Morgan fingerprint density at radius 1 is 1.42 bits per heavy atom. The topological polar surface area (TPSA) is 83.6 Å². The third-order valence-electron chi connectivity index (χ3n) is 4.09. The second-order valence-corrected chi connectivity index (χ2v) is 5.74. The highest BCUT2D eigenvalue weighted by Crippen LogP contribution is 2.27. The standard InChI is InChI=1S/C14H26N2O3/c1-10(5-6-15)14(19)16-7-3-4-12(9-16)11(2)8-13(17)18/h10-12H,3-9,15H2,1-2H3,(H,17,18). The van der Waals surface area contributed by atoms with Gasteiger partial charge in [0.2, 0.25) is 5.91 Å². The molecule has 1 amide bonds. The molecule has 0 aromatic heterocycles. The number of carboxylic acids is 1. The smallest absolute Gasteiger partial charge is 0.303 e. The van der Waals surface area contributed by atoms with Gasteiger partial charge in [-0.05, 0) is 37.6 Å². The summed E-state index contributed by atoms with van der Waals surface area (Å²) in [5, 5.41) is 8.85. The summed E-state index contributed by atoms with van der Waals surface area (Å²) in [4.78, 5) is 24.9. The van der Waals surface area contributed by atoms with Crippen LogP contribution < -0.4 is 5.73 Å². The van der Waals surface area contributed by atoms with Crippen molar-refractivity contribution in [3.8, 4) is 0 Å². The Labute approximate surface area is 115 Å². The van der Waals surface area contributed by atoms with Crippen LogP contribution in [0.25, 0.3) is 0 Å². The molecule has 0 radical (unpaired) electrons. The van der Waals surface area contributed by atoms with E-state index < -0.39 is 5.97 Å². The zero-order valence-electron chi connectivity index (χ0n) is 12.0. The number of nitrogens with two attached hydrogens (primary N) is 1. The van der Waals surface area contributed by atoms with Crippen molar-refractivity contribution in [3.05, 3.63) is 0 Å². The van der Waals surface area contributed by atoms with E-state index in [4.69, 9.17) is 10.8 Å². The number of likely N-dealkylation sites (tertiary alicyclic amines) is 1. The van der Waals surface area contributed by atoms with Crippen LogP contribution in [0.1, 0.15) is 39.5 Å². The van der Waals surface area contributed by atoms with Gasteiger partial charge in [0.05, 0.1) is 0 Å². The molecule has 5 heteroatoms. The van der Waals surface area contributed by atoms with Crippen LogP contribution in [-0.4, -0.2) is 41.5 Å². The van der Waals surface area contributed by atoms with E-state index in [0.717, 1.165) is 19.4 Å². The molecule has 110 valence electrons. The first-order valence-corrected chi connectivity index (χ1v) is 7.16. The summed E-state index contributed by atoms with van der Waals surface area (Å²) < 4.78 is 0. The number of amides is 1. The number of carbonyl (C=O) groups is 2. The molecule has 1 rings (SSSR count). The molecular weight excluding hydrogens is 244 g/mol. The maximum atomic E-state index is 12.2. The minimum atomic E-state index is -0.757. The summed E-state index contributed by atoms with van der Waals surface area (Å²) in [5.74, 6) is -0.194. The molecule has 3 N–H and O–H groups in total. The molecule has 0 bridgehead atoms. The number of carbonyl (C=O) groups excluding carboxylic acids is 1. The van der Waals surface area contributed by atoms with E-state index in [1.54, 1.807) is 0 Å². The number of rotatable bonds is 6. The fraction of sp³-hybridized carbons (Fsp3) is 0.857. The Morgan fingerprint density at radius 2 is 2.11 bits per heavy atom. The first kappa shape index (κ1) is 16.0. The first-order chi connectivity index (χ1) is 8.95. The van der Waals surface area contributed by atoms with Crippen LogP contribution in [0.4, 0.5) is 0 Å².